The Bertz CT molecular complexity index is 430. The van der Waals surface area contributed by atoms with E-state index in [4.69, 9.17) is 0 Å². The van der Waals surface area contributed by atoms with E-state index in [0.717, 1.165) is 25.7 Å². The molecular formula is C14H19NO3. The zero-order valence-corrected chi connectivity index (χ0v) is 10.6. The molecule has 0 aliphatic heterocycles. The van der Waals surface area contributed by atoms with Crippen molar-refractivity contribution in [2.24, 2.45) is 0 Å². The molecule has 1 aromatic carbocycles. The highest BCUT2D eigenvalue weighted by molar-refractivity contribution is 5.95. The monoisotopic (exact) mass is 249 g/mol. The summed E-state index contributed by atoms with van der Waals surface area (Å²) in [6, 6.07) is 3.93. The van der Waals surface area contributed by atoms with Crippen molar-refractivity contribution in [3.05, 3.63) is 23.8 Å². The maximum absolute atomic E-state index is 12.1. The van der Waals surface area contributed by atoms with Crippen LogP contribution in [0.25, 0.3) is 0 Å². The lowest BCUT2D eigenvalue weighted by Crippen LogP contribution is -2.47. The Morgan fingerprint density at radius 1 is 1.11 bits per heavy atom. The third kappa shape index (κ3) is 2.94. The van der Waals surface area contributed by atoms with Crippen LogP contribution in [0.1, 0.15) is 49.4 Å². The first kappa shape index (κ1) is 12.7. The summed E-state index contributed by atoms with van der Waals surface area (Å²) in [6.45, 7) is 2.05. The van der Waals surface area contributed by atoms with Crippen molar-refractivity contribution in [3.8, 4) is 11.5 Å². The van der Waals surface area contributed by atoms with E-state index in [1.54, 1.807) is 0 Å². The molecule has 1 aromatic rings. The molecule has 0 heterocycles. The summed E-state index contributed by atoms with van der Waals surface area (Å²) >= 11 is 0. The van der Waals surface area contributed by atoms with E-state index < -0.39 is 0 Å². The van der Waals surface area contributed by atoms with Gasteiger partial charge in [-0.05, 0) is 31.9 Å². The Kier molecular flexibility index (Phi) is 3.45. The van der Waals surface area contributed by atoms with Gasteiger partial charge in [-0.3, -0.25) is 4.79 Å². The van der Waals surface area contributed by atoms with Crippen molar-refractivity contribution in [2.45, 2.75) is 44.6 Å². The van der Waals surface area contributed by atoms with Gasteiger partial charge in [0.15, 0.2) is 0 Å². The average Bonchev–Trinajstić information content (AvgIpc) is 2.28. The first-order chi connectivity index (χ1) is 8.48. The second-order valence-electron chi connectivity index (χ2n) is 5.31. The van der Waals surface area contributed by atoms with Gasteiger partial charge in [-0.1, -0.05) is 19.3 Å². The molecule has 1 aliphatic rings. The Hall–Kier alpha value is -1.71. The van der Waals surface area contributed by atoms with Crippen molar-refractivity contribution < 1.29 is 15.0 Å². The van der Waals surface area contributed by atoms with Crippen LogP contribution in [0.4, 0.5) is 0 Å². The summed E-state index contributed by atoms with van der Waals surface area (Å²) in [5, 5.41) is 21.8. The van der Waals surface area contributed by atoms with E-state index in [1.807, 2.05) is 6.92 Å². The maximum Gasteiger partial charge on any atom is 0.251 e. The highest BCUT2D eigenvalue weighted by atomic mass is 16.3. The molecule has 1 aliphatic carbocycles. The third-order valence-electron chi connectivity index (χ3n) is 3.54. The molecule has 1 amide bonds. The van der Waals surface area contributed by atoms with Crippen LogP contribution in [-0.4, -0.2) is 21.7 Å². The number of amides is 1. The minimum Gasteiger partial charge on any atom is -0.508 e. The standard InChI is InChI=1S/C14H19NO3/c1-14(5-3-2-4-6-14)15-13(18)10-7-11(16)9-12(17)8-10/h7-9,16-17H,2-6H2,1H3,(H,15,18). The molecule has 0 saturated heterocycles. The first-order valence-electron chi connectivity index (χ1n) is 6.34. The molecule has 3 N–H and O–H groups in total. The van der Waals surface area contributed by atoms with Gasteiger partial charge in [-0.25, -0.2) is 0 Å². The summed E-state index contributed by atoms with van der Waals surface area (Å²) in [4.78, 5) is 12.1. The minimum absolute atomic E-state index is 0.103. The predicted molar refractivity (Wildman–Crippen MR) is 68.7 cm³/mol. The van der Waals surface area contributed by atoms with Crippen molar-refractivity contribution in [1.29, 1.82) is 0 Å². The molecule has 4 nitrogen and oxygen atoms in total. The normalized spacial score (nSPS) is 18.3. The number of aromatic hydroxyl groups is 2. The lowest BCUT2D eigenvalue weighted by Gasteiger charge is -2.34. The maximum atomic E-state index is 12.1. The van der Waals surface area contributed by atoms with Crippen molar-refractivity contribution in [3.63, 3.8) is 0 Å². The summed E-state index contributed by atoms with van der Waals surface area (Å²) in [6.07, 6.45) is 5.43. The van der Waals surface area contributed by atoms with Crippen LogP contribution in [-0.2, 0) is 0 Å². The van der Waals surface area contributed by atoms with Gasteiger partial charge in [0, 0.05) is 17.2 Å². The van der Waals surface area contributed by atoms with Crippen LogP contribution in [0.2, 0.25) is 0 Å². The Labute approximate surface area is 107 Å². The highest BCUT2D eigenvalue weighted by Gasteiger charge is 2.28. The molecule has 18 heavy (non-hydrogen) atoms. The Balaban J connectivity index is 2.11. The number of carbonyl (C=O) groups excluding carboxylic acids is 1. The van der Waals surface area contributed by atoms with Crippen molar-refractivity contribution >= 4 is 5.91 Å². The molecule has 0 spiro atoms. The Morgan fingerprint density at radius 3 is 2.22 bits per heavy atom. The van der Waals surface area contributed by atoms with Crippen molar-refractivity contribution in [1.82, 2.24) is 5.32 Å². The summed E-state index contributed by atoms with van der Waals surface area (Å²) in [5.41, 5.74) is 0.121. The van der Waals surface area contributed by atoms with Gasteiger partial charge in [0.05, 0.1) is 0 Å². The van der Waals surface area contributed by atoms with Gasteiger partial charge in [0.1, 0.15) is 11.5 Å². The van der Waals surface area contributed by atoms with Crippen LogP contribution < -0.4 is 5.32 Å². The molecule has 0 radical (unpaired) electrons. The van der Waals surface area contributed by atoms with Gasteiger partial charge >= 0.3 is 0 Å². The van der Waals surface area contributed by atoms with Crippen LogP contribution in [0, 0.1) is 0 Å². The topological polar surface area (TPSA) is 69.6 Å². The molecule has 1 saturated carbocycles. The van der Waals surface area contributed by atoms with E-state index in [2.05, 4.69) is 5.32 Å². The van der Waals surface area contributed by atoms with Gasteiger partial charge in [0.25, 0.3) is 5.91 Å². The fourth-order valence-corrected chi connectivity index (χ4v) is 2.53. The predicted octanol–water partition coefficient (Wildman–Crippen LogP) is 2.55. The van der Waals surface area contributed by atoms with E-state index >= 15 is 0 Å². The molecule has 98 valence electrons. The number of rotatable bonds is 2. The number of hydrogen-bond acceptors (Lipinski definition) is 3. The molecule has 0 aromatic heterocycles. The van der Waals surface area contributed by atoms with Gasteiger partial charge in [-0.2, -0.15) is 0 Å². The summed E-state index contributed by atoms with van der Waals surface area (Å²) in [7, 11) is 0. The highest BCUT2D eigenvalue weighted by Crippen LogP contribution is 2.28. The fourth-order valence-electron chi connectivity index (χ4n) is 2.53. The Morgan fingerprint density at radius 2 is 1.67 bits per heavy atom. The minimum atomic E-state index is -0.245. The quantitative estimate of drug-likeness (QED) is 0.754. The number of benzene rings is 1. The van der Waals surface area contributed by atoms with E-state index in [-0.39, 0.29) is 22.9 Å². The number of phenols is 2. The van der Waals surface area contributed by atoms with Gasteiger partial charge < -0.3 is 15.5 Å². The molecule has 1 fully saturated rings. The largest absolute Gasteiger partial charge is 0.508 e. The van der Waals surface area contributed by atoms with Crippen LogP contribution >= 0.6 is 0 Å². The molecule has 0 bridgehead atoms. The van der Waals surface area contributed by atoms with Crippen molar-refractivity contribution in [2.75, 3.05) is 0 Å². The van der Waals surface area contributed by atoms with Crippen LogP contribution in [0.5, 0.6) is 11.5 Å². The lowest BCUT2D eigenvalue weighted by molar-refractivity contribution is 0.0882. The smallest absolute Gasteiger partial charge is 0.251 e. The average molecular weight is 249 g/mol. The first-order valence-corrected chi connectivity index (χ1v) is 6.34. The van der Waals surface area contributed by atoms with Crippen LogP contribution in [0.15, 0.2) is 18.2 Å². The molecule has 2 rings (SSSR count). The van der Waals surface area contributed by atoms with E-state index in [1.165, 1.54) is 24.6 Å². The van der Waals surface area contributed by atoms with E-state index in [0.29, 0.717) is 5.56 Å². The molecule has 0 atom stereocenters. The van der Waals surface area contributed by atoms with Gasteiger partial charge in [0.2, 0.25) is 0 Å². The third-order valence-corrected chi connectivity index (χ3v) is 3.54. The number of phenolic OH excluding ortho intramolecular Hbond substituents is 2. The second-order valence-corrected chi connectivity index (χ2v) is 5.31. The fraction of sp³-hybridized carbons (Fsp3) is 0.500. The summed E-state index contributed by atoms with van der Waals surface area (Å²) < 4.78 is 0. The molecular weight excluding hydrogens is 230 g/mol. The lowest BCUT2D eigenvalue weighted by atomic mass is 9.83. The van der Waals surface area contributed by atoms with E-state index in [9.17, 15) is 15.0 Å². The van der Waals surface area contributed by atoms with Gasteiger partial charge in [-0.15, -0.1) is 0 Å². The number of hydrogen-bond donors (Lipinski definition) is 3. The van der Waals surface area contributed by atoms with Crippen LogP contribution in [0.3, 0.4) is 0 Å². The molecule has 0 unspecified atom stereocenters. The number of carbonyl (C=O) groups is 1. The SMILES string of the molecule is CC1(NC(=O)c2cc(O)cc(O)c2)CCCCC1. The second kappa shape index (κ2) is 4.88. The zero-order chi connectivity index (χ0) is 13.2. The zero-order valence-electron chi connectivity index (χ0n) is 10.6. The molecule has 4 heteroatoms. The number of nitrogens with one attached hydrogen (secondary N) is 1. The summed E-state index contributed by atoms with van der Waals surface area (Å²) in [5.74, 6) is -0.450.